The first-order valence-electron chi connectivity index (χ1n) is 7.16. The Balaban J connectivity index is 2.22. The number of hydrogen-bond acceptors (Lipinski definition) is 4. The summed E-state index contributed by atoms with van der Waals surface area (Å²) in [4.78, 5) is 11.8. The van der Waals surface area contributed by atoms with Crippen LogP contribution in [0.2, 0.25) is 0 Å². The fourth-order valence-electron chi connectivity index (χ4n) is 3.04. The van der Waals surface area contributed by atoms with E-state index in [0.29, 0.717) is 28.4 Å². The number of carbonyl (C=O) groups is 1. The monoisotopic (exact) mass is 276 g/mol. The predicted octanol–water partition coefficient (Wildman–Crippen LogP) is 3.44. The van der Waals surface area contributed by atoms with E-state index in [1.165, 1.54) is 20.0 Å². The van der Waals surface area contributed by atoms with E-state index in [9.17, 15) is 4.79 Å². The minimum absolute atomic E-state index is 0.338. The zero-order chi connectivity index (χ0) is 14.8. The molecule has 1 unspecified atom stereocenters. The van der Waals surface area contributed by atoms with Gasteiger partial charge in [0, 0.05) is 6.04 Å². The molecule has 0 bridgehead atoms. The third kappa shape index (κ3) is 3.24. The number of nitrogens with one attached hydrogen (secondary N) is 1. The Morgan fingerprint density at radius 1 is 1.45 bits per heavy atom. The van der Waals surface area contributed by atoms with Crippen LogP contribution in [-0.2, 0) is 4.74 Å². The van der Waals surface area contributed by atoms with Gasteiger partial charge in [0.15, 0.2) is 0 Å². The average molecular weight is 276 g/mol. The number of methoxy groups -OCH3 is 1. The molecule has 1 aromatic carbocycles. The van der Waals surface area contributed by atoms with Crippen LogP contribution in [0.5, 0.6) is 0 Å². The van der Waals surface area contributed by atoms with Crippen molar-refractivity contribution in [2.24, 2.45) is 5.41 Å². The first kappa shape index (κ1) is 14.7. The van der Waals surface area contributed by atoms with Gasteiger partial charge in [-0.1, -0.05) is 26.3 Å². The van der Waals surface area contributed by atoms with Gasteiger partial charge in [0.2, 0.25) is 0 Å². The van der Waals surface area contributed by atoms with E-state index in [4.69, 9.17) is 10.5 Å². The highest BCUT2D eigenvalue weighted by Gasteiger charge is 2.29. The van der Waals surface area contributed by atoms with Crippen molar-refractivity contribution in [1.29, 1.82) is 0 Å². The van der Waals surface area contributed by atoms with Crippen molar-refractivity contribution in [2.75, 3.05) is 18.2 Å². The van der Waals surface area contributed by atoms with E-state index in [-0.39, 0.29) is 5.97 Å². The molecule has 0 radical (unpaired) electrons. The van der Waals surface area contributed by atoms with Crippen LogP contribution in [0.4, 0.5) is 11.4 Å². The molecule has 0 amide bonds. The van der Waals surface area contributed by atoms with Crippen LogP contribution in [0.3, 0.4) is 0 Å². The third-order valence-electron chi connectivity index (χ3n) is 4.06. The molecule has 0 spiro atoms. The van der Waals surface area contributed by atoms with Gasteiger partial charge in [-0.3, -0.25) is 0 Å². The molecular weight excluding hydrogens is 252 g/mol. The molecule has 20 heavy (non-hydrogen) atoms. The van der Waals surface area contributed by atoms with Gasteiger partial charge in [0.05, 0.1) is 24.0 Å². The van der Waals surface area contributed by atoms with E-state index in [1.807, 2.05) is 6.07 Å². The van der Waals surface area contributed by atoms with E-state index >= 15 is 0 Å². The molecule has 1 aromatic rings. The van der Waals surface area contributed by atoms with Crippen LogP contribution in [-0.4, -0.2) is 19.1 Å². The van der Waals surface area contributed by atoms with Crippen molar-refractivity contribution >= 4 is 17.3 Å². The topological polar surface area (TPSA) is 64.3 Å². The van der Waals surface area contributed by atoms with Gasteiger partial charge < -0.3 is 15.8 Å². The number of anilines is 2. The Labute approximate surface area is 120 Å². The molecule has 4 nitrogen and oxygen atoms in total. The minimum Gasteiger partial charge on any atom is -0.465 e. The SMILES string of the molecule is COC(=O)c1cccc(N)c1NC1CCCC(C)(C)C1. The molecule has 0 heterocycles. The number of hydrogen-bond donors (Lipinski definition) is 2. The number of rotatable bonds is 3. The molecule has 1 saturated carbocycles. The second-order valence-corrected chi connectivity index (χ2v) is 6.36. The molecule has 1 aliphatic carbocycles. The highest BCUT2D eigenvalue weighted by Crippen LogP contribution is 2.37. The maximum Gasteiger partial charge on any atom is 0.340 e. The lowest BCUT2D eigenvalue weighted by Crippen LogP contribution is -2.32. The first-order valence-corrected chi connectivity index (χ1v) is 7.16. The van der Waals surface area contributed by atoms with Crippen LogP contribution in [0.1, 0.15) is 49.9 Å². The van der Waals surface area contributed by atoms with Crippen LogP contribution in [0.25, 0.3) is 0 Å². The summed E-state index contributed by atoms with van der Waals surface area (Å²) in [6.45, 7) is 4.58. The average Bonchev–Trinajstić information content (AvgIpc) is 2.39. The molecule has 2 rings (SSSR count). The van der Waals surface area contributed by atoms with Gasteiger partial charge in [0.1, 0.15) is 0 Å². The largest absolute Gasteiger partial charge is 0.465 e. The van der Waals surface area contributed by atoms with E-state index in [0.717, 1.165) is 12.8 Å². The Morgan fingerprint density at radius 2 is 2.20 bits per heavy atom. The van der Waals surface area contributed by atoms with Gasteiger partial charge in [-0.05, 0) is 36.8 Å². The fourth-order valence-corrected chi connectivity index (χ4v) is 3.04. The number of nitrogens with two attached hydrogens (primary N) is 1. The molecule has 0 saturated heterocycles. The maximum atomic E-state index is 11.8. The molecule has 0 aromatic heterocycles. The van der Waals surface area contributed by atoms with E-state index in [1.54, 1.807) is 12.1 Å². The standard InChI is InChI=1S/C16H24N2O2/c1-16(2)9-5-6-11(10-16)18-14-12(15(19)20-3)7-4-8-13(14)17/h4,7-8,11,18H,5-6,9-10,17H2,1-3H3. The molecule has 3 N–H and O–H groups in total. The van der Waals surface area contributed by atoms with Crippen molar-refractivity contribution in [3.8, 4) is 0 Å². The zero-order valence-corrected chi connectivity index (χ0v) is 12.5. The van der Waals surface area contributed by atoms with Gasteiger partial charge in [-0.2, -0.15) is 0 Å². The Morgan fingerprint density at radius 3 is 2.85 bits per heavy atom. The van der Waals surface area contributed by atoms with Crippen molar-refractivity contribution in [3.63, 3.8) is 0 Å². The second-order valence-electron chi connectivity index (χ2n) is 6.36. The number of nitrogen functional groups attached to an aromatic ring is 1. The summed E-state index contributed by atoms with van der Waals surface area (Å²) in [6, 6.07) is 5.69. The number of carbonyl (C=O) groups excluding carboxylic acids is 1. The smallest absolute Gasteiger partial charge is 0.340 e. The van der Waals surface area contributed by atoms with Crippen LogP contribution < -0.4 is 11.1 Å². The molecule has 4 heteroatoms. The highest BCUT2D eigenvalue weighted by atomic mass is 16.5. The maximum absolute atomic E-state index is 11.8. The van der Waals surface area contributed by atoms with Crippen LogP contribution in [0, 0.1) is 5.41 Å². The van der Waals surface area contributed by atoms with Gasteiger partial charge in [-0.15, -0.1) is 0 Å². The lowest BCUT2D eigenvalue weighted by Gasteiger charge is -2.36. The Hall–Kier alpha value is -1.71. The normalized spacial score (nSPS) is 21.2. The molecule has 0 aliphatic heterocycles. The van der Waals surface area contributed by atoms with Crippen molar-refractivity contribution in [3.05, 3.63) is 23.8 Å². The molecular formula is C16H24N2O2. The molecule has 1 aliphatic rings. The Kier molecular flexibility index (Phi) is 4.21. The van der Waals surface area contributed by atoms with Crippen LogP contribution in [0.15, 0.2) is 18.2 Å². The van der Waals surface area contributed by atoms with E-state index in [2.05, 4.69) is 19.2 Å². The summed E-state index contributed by atoms with van der Waals surface area (Å²) in [5.41, 5.74) is 8.18. The quantitative estimate of drug-likeness (QED) is 0.655. The van der Waals surface area contributed by atoms with Gasteiger partial charge in [0.25, 0.3) is 0 Å². The minimum atomic E-state index is -0.352. The molecule has 1 fully saturated rings. The second kappa shape index (κ2) is 5.73. The van der Waals surface area contributed by atoms with E-state index < -0.39 is 0 Å². The summed E-state index contributed by atoms with van der Waals surface area (Å²) in [7, 11) is 1.39. The highest BCUT2D eigenvalue weighted by molar-refractivity contribution is 5.98. The number of para-hydroxylation sites is 1. The summed E-state index contributed by atoms with van der Waals surface area (Å²) in [5, 5.41) is 3.46. The number of ether oxygens (including phenoxy) is 1. The summed E-state index contributed by atoms with van der Waals surface area (Å²) in [6.07, 6.45) is 4.64. The van der Waals surface area contributed by atoms with Crippen LogP contribution >= 0.6 is 0 Å². The Bertz CT molecular complexity index is 497. The molecule has 110 valence electrons. The summed E-state index contributed by atoms with van der Waals surface area (Å²) in [5.74, 6) is -0.352. The van der Waals surface area contributed by atoms with Crippen molar-refractivity contribution in [1.82, 2.24) is 0 Å². The van der Waals surface area contributed by atoms with Gasteiger partial charge >= 0.3 is 5.97 Å². The first-order chi connectivity index (χ1) is 9.43. The summed E-state index contributed by atoms with van der Waals surface area (Å²) >= 11 is 0. The number of esters is 1. The third-order valence-corrected chi connectivity index (χ3v) is 4.06. The predicted molar refractivity (Wildman–Crippen MR) is 81.9 cm³/mol. The lowest BCUT2D eigenvalue weighted by atomic mass is 9.75. The fraction of sp³-hybridized carbons (Fsp3) is 0.562. The van der Waals surface area contributed by atoms with Crippen molar-refractivity contribution in [2.45, 2.75) is 45.6 Å². The number of benzene rings is 1. The summed E-state index contributed by atoms with van der Waals surface area (Å²) < 4.78 is 4.83. The van der Waals surface area contributed by atoms with Gasteiger partial charge in [-0.25, -0.2) is 4.79 Å². The zero-order valence-electron chi connectivity index (χ0n) is 12.5. The molecule has 1 atom stereocenters. The van der Waals surface area contributed by atoms with Crippen molar-refractivity contribution < 1.29 is 9.53 Å². The lowest BCUT2D eigenvalue weighted by molar-refractivity contribution is 0.0602.